The Labute approximate surface area is 102 Å². The van der Waals surface area contributed by atoms with Crippen LogP contribution in [0.2, 0.25) is 0 Å². The lowest BCUT2D eigenvalue weighted by atomic mass is 10.0. The van der Waals surface area contributed by atoms with Crippen LogP contribution >= 0.6 is 0 Å². The molecule has 17 heavy (non-hydrogen) atoms. The molecule has 0 aromatic carbocycles. The highest BCUT2D eigenvalue weighted by molar-refractivity contribution is 5.21. The van der Waals surface area contributed by atoms with E-state index in [1.807, 2.05) is 43.3 Å². The topological polar surface area (TPSA) is 42.7 Å². The Morgan fingerprint density at radius 3 is 2.76 bits per heavy atom. The van der Waals surface area contributed by atoms with Crippen LogP contribution in [0.25, 0.3) is 0 Å². The summed E-state index contributed by atoms with van der Waals surface area (Å²) >= 11 is 0. The lowest BCUT2D eigenvalue weighted by Crippen LogP contribution is -2.22. The molecule has 90 valence electrons. The number of hydrogen-bond acceptors (Lipinski definition) is 3. The van der Waals surface area contributed by atoms with Crippen molar-refractivity contribution in [1.82, 2.24) is 20.1 Å². The second-order valence-electron chi connectivity index (χ2n) is 4.20. The number of aryl methyl sites for hydroxylation is 2. The van der Waals surface area contributed by atoms with E-state index in [0.29, 0.717) is 0 Å². The maximum Gasteiger partial charge on any atom is 0.0583 e. The van der Waals surface area contributed by atoms with Crippen molar-refractivity contribution in [1.29, 1.82) is 0 Å². The lowest BCUT2D eigenvalue weighted by Gasteiger charge is -2.17. The van der Waals surface area contributed by atoms with Gasteiger partial charge in [0, 0.05) is 25.4 Å². The molecule has 4 nitrogen and oxygen atoms in total. The molecule has 2 heterocycles. The monoisotopic (exact) mass is 230 g/mol. The number of hydrogen-bond donors (Lipinski definition) is 1. The Hall–Kier alpha value is -1.68. The van der Waals surface area contributed by atoms with Crippen LogP contribution in [0.1, 0.15) is 23.0 Å². The Morgan fingerprint density at radius 1 is 1.41 bits per heavy atom. The summed E-state index contributed by atoms with van der Waals surface area (Å²) < 4.78 is 1.93. The SMILES string of the molecule is CNC(Cc1ccccn1)c1c(C)cnn1C. The van der Waals surface area contributed by atoms with Crippen molar-refractivity contribution in [2.75, 3.05) is 7.05 Å². The summed E-state index contributed by atoms with van der Waals surface area (Å²) in [5.74, 6) is 0. The summed E-state index contributed by atoms with van der Waals surface area (Å²) in [5, 5.41) is 7.62. The van der Waals surface area contributed by atoms with Crippen LogP contribution in [-0.4, -0.2) is 21.8 Å². The largest absolute Gasteiger partial charge is 0.311 e. The smallest absolute Gasteiger partial charge is 0.0583 e. The first-order chi connectivity index (χ1) is 8.22. The van der Waals surface area contributed by atoms with Gasteiger partial charge in [0.15, 0.2) is 0 Å². The van der Waals surface area contributed by atoms with Gasteiger partial charge in [0.05, 0.1) is 17.9 Å². The maximum atomic E-state index is 4.37. The van der Waals surface area contributed by atoms with Gasteiger partial charge in [0.1, 0.15) is 0 Å². The van der Waals surface area contributed by atoms with E-state index in [4.69, 9.17) is 0 Å². The highest BCUT2D eigenvalue weighted by Gasteiger charge is 2.16. The summed E-state index contributed by atoms with van der Waals surface area (Å²) in [6.45, 7) is 2.09. The minimum atomic E-state index is 0.248. The number of nitrogens with zero attached hydrogens (tertiary/aromatic N) is 3. The molecule has 2 aromatic rings. The van der Waals surface area contributed by atoms with E-state index >= 15 is 0 Å². The molecule has 1 N–H and O–H groups in total. The zero-order valence-corrected chi connectivity index (χ0v) is 10.5. The van der Waals surface area contributed by atoms with Crippen LogP contribution in [0.4, 0.5) is 0 Å². The number of rotatable bonds is 4. The van der Waals surface area contributed by atoms with Crippen molar-refractivity contribution in [2.45, 2.75) is 19.4 Å². The van der Waals surface area contributed by atoms with Crippen LogP contribution in [0.5, 0.6) is 0 Å². The molecular formula is C13H18N4. The molecule has 0 aliphatic carbocycles. The minimum Gasteiger partial charge on any atom is -0.311 e. The lowest BCUT2D eigenvalue weighted by molar-refractivity contribution is 0.530. The molecule has 0 spiro atoms. The van der Waals surface area contributed by atoms with E-state index in [9.17, 15) is 0 Å². The van der Waals surface area contributed by atoms with E-state index in [1.165, 1.54) is 11.3 Å². The molecule has 1 unspecified atom stereocenters. The Morgan fingerprint density at radius 2 is 2.24 bits per heavy atom. The van der Waals surface area contributed by atoms with Gasteiger partial charge in [-0.3, -0.25) is 9.67 Å². The Balaban J connectivity index is 2.23. The van der Waals surface area contributed by atoms with Gasteiger partial charge in [-0.25, -0.2) is 0 Å². The highest BCUT2D eigenvalue weighted by atomic mass is 15.3. The molecule has 0 aliphatic rings. The zero-order valence-electron chi connectivity index (χ0n) is 10.5. The average molecular weight is 230 g/mol. The molecule has 4 heteroatoms. The third-order valence-electron chi connectivity index (χ3n) is 3.00. The molecular weight excluding hydrogens is 212 g/mol. The summed E-state index contributed by atoms with van der Waals surface area (Å²) in [7, 11) is 3.95. The first-order valence-corrected chi connectivity index (χ1v) is 5.78. The third-order valence-corrected chi connectivity index (χ3v) is 3.00. The van der Waals surface area contributed by atoms with Crippen LogP contribution in [0.3, 0.4) is 0 Å². The van der Waals surface area contributed by atoms with Crippen molar-refractivity contribution < 1.29 is 0 Å². The Kier molecular flexibility index (Phi) is 3.54. The van der Waals surface area contributed by atoms with Crippen molar-refractivity contribution in [2.24, 2.45) is 7.05 Å². The van der Waals surface area contributed by atoms with Gasteiger partial charge in [0.2, 0.25) is 0 Å². The Bertz CT molecular complexity index is 456. The molecule has 2 rings (SSSR count). The molecule has 0 saturated heterocycles. The number of nitrogens with one attached hydrogen (secondary N) is 1. The number of likely N-dealkylation sites (N-methyl/N-ethyl adjacent to an activating group) is 1. The van der Waals surface area contributed by atoms with Gasteiger partial charge in [-0.1, -0.05) is 6.07 Å². The molecule has 0 fully saturated rings. The first kappa shape index (κ1) is 11.8. The van der Waals surface area contributed by atoms with Gasteiger partial charge in [-0.05, 0) is 31.7 Å². The van der Waals surface area contributed by atoms with Gasteiger partial charge in [0.25, 0.3) is 0 Å². The summed E-state index contributed by atoms with van der Waals surface area (Å²) in [6, 6.07) is 6.26. The molecule has 2 aromatic heterocycles. The van der Waals surface area contributed by atoms with Crippen LogP contribution in [0.15, 0.2) is 30.6 Å². The normalized spacial score (nSPS) is 12.6. The number of aromatic nitrogens is 3. The predicted octanol–water partition coefficient (Wildman–Crippen LogP) is 1.63. The van der Waals surface area contributed by atoms with Gasteiger partial charge in [-0.2, -0.15) is 5.10 Å². The van der Waals surface area contributed by atoms with Crippen LogP contribution in [-0.2, 0) is 13.5 Å². The van der Waals surface area contributed by atoms with Crippen molar-refractivity contribution >= 4 is 0 Å². The summed E-state index contributed by atoms with van der Waals surface area (Å²) in [4.78, 5) is 4.37. The second-order valence-corrected chi connectivity index (χ2v) is 4.20. The van der Waals surface area contributed by atoms with Crippen molar-refractivity contribution in [3.8, 4) is 0 Å². The molecule has 0 saturated carbocycles. The first-order valence-electron chi connectivity index (χ1n) is 5.78. The van der Waals surface area contributed by atoms with Gasteiger partial charge < -0.3 is 5.32 Å². The predicted molar refractivity (Wildman–Crippen MR) is 67.7 cm³/mol. The van der Waals surface area contributed by atoms with E-state index < -0.39 is 0 Å². The van der Waals surface area contributed by atoms with Crippen molar-refractivity contribution in [3.05, 3.63) is 47.5 Å². The molecule has 1 atom stereocenters. The maximum absolute atomic E-state index is 4.37. The zero-order chi connectivity index (χ0) is 12.3. The fourth-order valence-electron chi connectivity index (χ4n) is 2.12. The molecule has 0 amide bonds. The van der Waals surface area contributed by atoms with E-state index in [1.54, 1.807) is 0 Å². The summed E-state index contributed by atoms with van der Waals surface area (Å²) in [6.07, 6.45) is 4.61. The van der Waals surface area contributed by atoms with Crippen molar-refractivity contribution in [3.63, 3.8) is 0 Å². The molecule has 0 bridgehead atoms. The fourth-order valence-corrected chi connectivity index (χ4v) is 2.12. The van der Waals surface area contributed by atoms with E-state index in [0.717, 1.165) is 12.1 Å². The van der Waals surface area contributed by atoms with Crippen LogP contribution < -0.4 is 5.32 Å². The quantitative estimate of drug-likeness (QED) is 0.868. The molecule has 0 aliphatic heterocycles. The average Bonchev–Trinajstić information content (AvgIpc) is 2.68. The van der Waals surface area contributed by atoms with Gasteiger partial charge >= 0.3 is 0 Å². The van der Waals surface area contributed by atoms with Gasteiger partial charge in [-0.15, -0.1) is 0 Å². The summed E-state index contributed by atoms with van der Waals surface area (Å²) in [5.41, 5.74) is 3.52. The number of pyridine rings is 1. The van der Waals surface area contributed by atoms with E-state index in [2.05, 4.69) is 28.4 Å². The van der Waals surface area contributed by atoms with Crippen LogP contribution in [0, 0.1) is 6.92 Å². The van der Waals surface area contributed by atoms with E-state index in [-0.39, 0.29) is 6.04 Å². The highest BCUT2D eigenvalue weighted by Crippen LogP contribution is 2.19. The standard InChI is InChI=1S/C13H18N4/c1-10-9-16-17(3)13(10)12(14-2)8-11-6-4-5-7-15-11/h4-7,9,12,14H,8H2,1-3H3. The minimum absolute atomic E-state index is 0.248. The molecule has 0 radical (unpaired) electrons. The second kappa shape index (κ2) is 5.10. The third kappa shape index (κ3) is 2.53. The fraction of sp³-hybridized carbons (Fsp3) is 0.385.